The first-order chi connectivity index (χ1) is 9.19. The summed E-state index contributed by atoms with van der Waals surface area (Å²) in [6.07, 6.45) is 4.18. The van der Waals surface area contributed by atoms with Crippen molar-refractivity contribution in [3.05, 3.63) is 20.8 Å². The monoisotopic (exact) mass is 345 g/mol. The standard InChI is InChI=1S/C14H20BrNO2S/c15-12-7-11(9-19-12)13(16)10-1-4-18-14(8-10)2-5-17-6-3-14/h7,9-10,13H,1-6,8,16H2. The van der Waals surface area contributed by atoms with Crippen LogP contribution in [0.2, 0.25) is 0 Å². The highest BCUT2D eigenvalue weighted by Crippen LogP contribution is 2.41. The highest BCUT2D eigenvalue weighted by atomic mass is 79.9. The van der Waals surface area contributed by atoms with Crippen molar-refractivity contribution in [2.45, 2.75) is 37.3 Å². The summed E-state index contributed by atoms with van der Waals surface area (Å²) < 4.78 is 12.7. The molecule has 2 saturated heterocycles. The minimum atomic E-state index is 0.0338. The van der Waals surface area contributed by atoms with Crippen LogP contribution in [-0.2, 0) is 9.47 Å². The van der Waals surface area contributed by atoms with Gasteiger partial charge in [-0.2, -0.15) is 0 Å². The predicted octanol–water partition coefficient (Wildman–Crippen LogP) is 3.49. The molecule has 0 amide bonds. The summed E-state index contributed by atoms with van der Waals surface area (Å²) in [5.41, 5.74) is 7.76. The van der Waals surface area contributed by atoms with Gasteiger partial charge in [-0.05, 0) is 64.5 Å². The van der Waals surface area contributed by atoms with Crippen LogP contribution in [0.15, 0.2) is 15.2 Å². The maximum Gasteiger partial charge on any atom is 0.0729 e. The summed E-state index contributed by atoms with van der Waals surface area (Å²) in [7, 11) is 0. The van der Waals surface area contributed by atoms with Crippen LogP contribution in [-0.4, -0.2) is 25.4 Å². The van der Waals surface area contributed by atoms with E-state index in [0.29, 0.717) is 5.92 Å². The third-order valence-corrected chi connectivity index (χ3v) is 5.94. The summed E-state index contributed by atoms with van der Waals surface area (Å²) >= 11 is 5.23. The third kappa shape index (κ3) is 3.05. The number of nitrogens with two attached hydrogens (primary N) is 1. The molecule has 2 atom stereocenters. The molecule has 0 aromatic carbocycles. The van der Waals surface area contributed by atoms with Crippen LogP contribution in [0.5, 0.6) is 0 Å². The molecule has 3 rings (SSSR count). The van der Waals surface area contributed by atoms with Crippen molar-refractivity contribution < 1.29 is 9.47 Å². The molecule has 1 spiro atoms. The minimum Gasteiger partial charge on any atom is -0.381 e. The van der Waals surface area contributed by atoms with E-state index < -0.39 is 0 Å². The molecule has 0 aliphatic carbocycles. The number of hydrogen-bond acceptors (Lipinski definition) is 4. The summed E-state index contributed by atoms with van der Waals surface area (Å²) in [5, 5.41) is 2.17. The molecule has 5 heteroatoms. The molecular formula is C14H20BrNO2S. The molecule has 2 fully saturated rings. The Morgan fingerprint density at radius 1 is 1.37 bits per heavy atom. The number of rotatable bonds is 2. The molecule has 0 saturated carbocycles. The fourth-order valence-corrected chi connectivity index (χ4v) is 4.46. The van der Waals surface area contributed by atoms with E-state index in [0.717, 1.165) is 49.3 Å². The lowest BCUT2D eigenvalue weighted by Crippen LogP contribution is -2.46. The SMILES string of the molecule is NC(c1csc(Br)c1)C1CCOC2(CCOCC2)C1. The van der Waals surface area contributed by atoms with Crippen LogP contribution in [0.25, 0.3) is 0 Å². The molecule has 0 radical (unpaired) electrons. The maximum absolute atomic E-state index is 6.47. The second kappa shape index (κ2) is 5.82. The second-order valence-corrected chi connectivity index (χ2v) is 7.90. The minimum absolute atomic E-state index is 0.0338. The number of thiophene rings is 1. The fraction of sp³-hybridized carbons (Fsp3) is 0.714. The first-order valence-corrected chi connectivity index (χ1v) is 8.57. The highest BCUT2D eigenvalue weighted by Gasteiger charge is 2.40. The molecule has 2 N–H and O–H groups in total. The Balaban J connectivity index is 1.70. The second-order valence-electron chi connectivity index (χ2n) is 5.61. The zero-order valence-corrected chi connectivity index (χ0v) is 13.3. The predicted molar refractivity (Wildman–Crippen MR) is 80.4 cm³/mol. The normalized spacial score (nSPS) is 28.4. The Hall–Kier alpha value is 0.0600. The lowest BCUT2D eigenvalue weighted by molar-refractivity contribution is -0.149. The van der Waals surface area contributed by atoms with Gasteiger partial charge in [-0.3, -0.25) is 0 Å². The van der Waals surface area contributed by atoms with Crippen molar-refractivity contribution in [2.24, 2.45) is 11.7 Å². The molecular weight excluding hydrogens is 326 g/mol. The molecule has 2 unspecified atom stereocenters. The zero-order chi connectivity index (χ0) is 13.3. The van der Waals surface area contributed by atoms with E-state index in [9.17, 15) is 0 Å². The van der Waals surface area contributed by atoms with E-state index in [1.54, 1.807) is 11.3 Å². The Kier molecular flexibility index (Phi) is 4.29. The van der Waals surface area contributed by atoms with Crippen LogP contribution in [0.4, 0.5) is 0 Å². The van der Waals surface area contributed by atoms with Crippen molar-refractivity contribution in [3.8, 4) is 0 Å². The van der Waals surface area contributed by atoms with Gasteiger partial charge >= 0.3 is 0 Å². The third-order valence-electron chi connectivity index (χ3n) is 4.42. The number of hydrogen-bond donors (Lipinski definition) is 1. The zero-order valence-electron chi connectivity index (χ0n) is 10.9. The summed E-state index contributed by atoms with van der Waals surface area (Å²) in [5.74, 6) is 0.522. The molecule has 3 nitrogen and oxygen atoms in total. The summed E-state index contributed by atoms with van der Waals surface area (Å²) in [6, 6.07) is 2.28. The van der Waals surface area contributed by atoms with Crippen molar-refractivity contribution >= 4 is 27.3 Å². The average Bonchev–Trinajstić information content (AvgIpc) is 2.85. The molecule has 1 aromatic heterocycles. The van der Waals surface area contributed by atoms with Gasteiger partial charge in [0, 0.05) is 25.9 Å². The van der Waals surface area contributed by atoms with Crippen molar-refractivity contribution in [1.82, 2.24) is 0 Å². The topological polar surface area (TPSA) is 44.5 Å². The van der Waals surface area contributed by atoms with Gasteiger partial charge < -0.3 is 15.2 Å². The van der Waals surface area contributed by atoms with Crippen LogP contribution in [0.3, 0.4) is 0 Å². The Morgan fingerprint density at radius 2 is 2.16 bits per heavy atom. The molecule has 2 aliphatic heterocycles. The van der Waals surface area contributed by atoms with E-state index in [2.05, 4.69) is 27.4 Å². The molecule has 2 aliphatic rings. The molecule has 3 heterocycles. The summed E-state index contributed by atoms with van der Waals surface area (Å²) in [4.78, 5) is 0. The first kappa shape index (κ1) is 14.0. The van der Waals surface area contributed by atoms with E-state index in [1.807, 2.05) is 0 Å². The highest BCUT2D eigenvalue weighted by molar-refractivity contribution is 9.11. The number of halogens is 1. The quantitative estimate of drug-likeness (QED) is 0.892. The maximum atomic E-state index is 6.47. The van der Waals surface area contributed by atoms with E-state index in [1.165, 1.54) is 5.56 Å². The van der Waals surface area contributed by atoms with Crippen LogP contribution < -0.4 is 5.73 Å². The van der Waals surface area contributed by atoms with E-state index >= 15 is 0 Å². The van der Waals surface area contributed by atoms with Gasteiger partial charge in [0.2, 0.25) is 0 Å². The van der Waals surface area contributed by atoms with Gasteiger partial charge in [0.25, 0.3) is 0 Å². The van der Waals surface area contributed by atoms with Gasteiger partial charge in [0.05, 0.1) is 9.39 Å². The van der Waals surface area contributed by atoms with Gasteiger partial charge in [0.1, 0.15) is 0 Å². The van der Waals surface area contributed by atoms with Crippen molar-refractivity contribution in [2.75, 3.05) is 19.8 Å². The molecule has 1 aromatic rings. The van der Waals surface area contributed by atoms with Crippen molar-refractivity contribution in [1.29, 1.82) is 0 Å². The largest absolute Gasteiger partial charge is 0.381 e. The van der Waals surface area contributed by atoms with Crippen LogP contribution in [0, 0.1) is 5.92 Å². The van der Waals surface area contributed by atoms with Gasteiger partial charge in [-0.15, -0.1) is 11.3 Å². The number of ether oxygens (including phenoxy) is 2. The van der Waals surface area contributed by atoms with Crippen LogP contribution in [0.1, 0.15) is 37.3 Å². The fourth-order valence-electron chi connectivity index (χ4n) is 3.23. The Morgan fingerprint density at radius 3 is 2.84 bits per heavy atom. The van der Waals surface area contributed by atoms with Crippen molar-refractivity contribution in [3.63, 3.8) is 0 Å². The smallest absolute Gasteiger partial charge is 0.0729 e. The molecule has 106 valence electrons. The molecule has 19 heavy (non-hydrogen) atoms. The van der Waals surface area contributed by atoms with Crippen LogP contribution >= 0.6 is 27.3 Å². The first-order valence-electron chi connectivity index (χ1n) is 6.90. The Labute approximate surface area is 126 Å². The van der Waals surface area contributed by atoms with Gasteiger partial charge in [-0.1, -0.05) is 0 Å². The molecule has 0 bridgehead atoms. The summed E-state index contributed by atoms with van der Waals surface area (Å²) in [6.45, 7) is 2.49. The van der Waals surface area contributed by atoms with Gasteiger partial charge in [0.15, 0.2) is 0 Å². The van der Waals surface area contributed by atoms with Gasteiger partial charge in [-0.25, -0.2) is 0 Å². The average molecular weight is 346 g/mol. The lowest BCUT2D eigenvalue weighted by atomic mass is 9.77. The van der Waals surface area contributed by atoms with E-state index in [-0.39, 0.29) is 11.6 Å². The Bertz CT molecular complexity index is 425. The lowest BCUT2D eigenvalue weighted by Gasteiger charge is -2.44. The van der Waals surface area contributed by atoms with E-state index in [4.69, 9.17) is 15.2 Å².